The van der Waals surface area contributed by atoms with Crippen LogP contribution in [0.4, 0.5) is 22.1 Å². The first-order valence-electron chi connectivity index (χ1n) is 11.8. The Balaban J connectivity index is 1.73. The topological polar surface area (TPSA) is 140 Å². The van der Waals surface area contributed by atoms with Gasteiger partial charge in [-0.25, -0.2) is 14.8 Å². The fourth-order valence-corrected chi connectivity index (χ4v) is 4.01. The van der Waals surface area contributed by atoms with E-state index in [1.807, 2.05) is 13.0 Å². The number of anilines is 3. The van der Waals surface area contributed by atoms with Gasteiger partial charge in [0.05, 0.1) is 17.9 Å². The van der Waals surface area contributed by atoms with Gasteiger partial charge in [-0.1, -0.05) is 19.9 Å². The van der Waals surface area contributed by atoms with Gasteiger partial charge in [0.25, 0.3) is 0 Å². The van der Waals surface area contributed by atoms with Crippen molar-refractivity contribution in [1.29, 1.82) is 0 Å². The van der Waals surface area contributed by atoms with E-state index in [0.717, 1.165) is 18.4 Å². The minimum absolute atomic E-state index is 0.248. The van der Waals surface area contributed by atoms with Gasteiger partial charge in [-0.3, -0.25) is 14.9 Å². The molecule has 2 aromatic heterocycles. The third-order valence-corrected chi connectivity index (χ3v) is 5.69. The van der Waals surface area contributed by atoms with E-state index in [1.165, 1.54) is 6.20 Å². The zero-order valence-electron chi connectivity index (χ0n) is 20.9. The average molecular weight is 483 g/mol. The van der Waals surface area contributed by atoms with Crippen LogP contribution in [0, 0.1) is 5.92 Å². The van der Waals surface area contributed by atoms with E-state index < -0.39 is 23.5 Å². The average Bonchev–Trinajstić information content (AvgIpc) is 2.79. The highest BCUT2D eigenvalue weighted by Crippen LogP contribution is 2.33. The maximum atomic E-state index is 13.2. The molecule has 0 saturated carbocycles. The number of nitrogens with one attached hydrogen (secondary N) is 2. The van der Waals surface area contributed by atoms with Crippen LogP contribution in [0.5, 0.6) is 0 Å². The molecule has 3 heterocycles. The molecule has 2 aromatic rings. The fourth-order valence-electron chi connectivity index (χ4n) is 4.01. The smallest absolute Gasteiger partial charge is 0.413 e. The number of pyridine rings is 2. The number of carbonyl (C=O) groups excluding carboxylic acids is 3. The molecule has 2 atom stereocenters. The number of amides is 3. The van der Waals surface area contributed by atoms with Crippen LogP contribution in [-0.2, 0) is 20.7 Å². The van der Waals surface area contributed by atoms with E-state index in [9.17, 15) is 14.4 Å². The van der Waals surface area contributed by atoms with Crippen molar-refractivity contribution in [3.05, 3.63) is 41.7 Å². The molecule has 10 heteroatoms. The SMILES string of the molecule is CCc1cc(NC(=O)C(=O)N2C[C@H](C)CC[C@H]2c2ccc(N)nc2)cnc1NC(=O)OC(C)(C)C. The van der Waals surface area contributed by atoms with Crippen molar-refractivity contribution in [2.45, 2.75) is 65.5 Å². The Kier molecular flexibility index (Phi) is 7.93. The van der Waals surface area contributed by atoms with Crippen molar-refractivity contribution in [3.8, 4) is 0 Å². The number of hydrogen-bond donors (Lipinski definition) is 3. The molecule has 0 aliphatic carbocycles. The minimum atomic E-state index is -0.746. The van der Waals surface area contributed by atoms with E-state index in [4.69, 9.17) is 10.5 Å². The zero-order valence-corrected chi connectivity index (χ0v) is 20.9. The maximum absolute atomic E-state index is 13.2. The molecule has 1 saturated heterocycles. The van der Waals surface area contributed by atoms with Gasteiger partial charge >= 0.3 is 17.9 Å². The zero-order chi connectivity index (χ0) is 25.8. The summed E-state index contributed by atoms with van der Waals surface area (Å²) in [5.41, 5.74) is 6.97. The number of likely N-dealkylation sites (tertiary alicyclic amines) is 1. The van der Waals surface area contributed by atoms with Crippen molar-refractivity contribution >= 4 is 35.2 Å². The lowest BCUT2D eigenvalue weighted by atomic mass is 9.90. The molecule has 0 aromatic carbocycles. The lowest BCUT2D eigenvalue weighted by Crippen LogP contribution is -2.46. The Bertz CT molecular complexity index is 1080. The van der Waals surface area contributed by atoms with Crippen LogP contribution in [0.3, 0.4) is 0 Å². The number of nitrogen functional groups attached to an aromatic ring is 1. The molecule has 0 spiro atoms. The van der Waals surface area contributed by atoms with Crippen molar-refractivity contribution in [2.24, 2.45) is 5.92 Å². The first-order chi connectivity index (χ1) is 16.5. The summed E-state index contributed by atoms with van der Waals surface area (Å²) in [5.74, 6) is -0.350. The Morgan fingerprint density at radius 3 is 2.51 bits per heavy atom. The molecule has 4 N–H and O–H groups in total. The number of ether oxygens (including phenoxy) is 1. The number of nitrogens with two attached hydrogens (primary N) is 1. The Hall–Kier alpha value is -3.69. The highest BCUT2D eigenvalue weighted by Gasteiger charge is 2.34. The minimum Gasteiger partial charge on any atom is -0.444 e. The molecule has 0 unspecified atom stereocenters. The fraction of sp³-hybridized carbons (Fsp3) is 0.480. The van der Waals surface area contributed by atoms with Crippen LogP contribution >= 0.6 is 0 Å². The number of nitrogens with zero attached hydrogens (tertiary/aromatic N) is 3. The van der Waals surface area contributed by atoms with Crippen molar-refractivity contribution < 1.29 is 19.1 Å². The number of aryl methyl sites for hydroxylation is 1. The lowest BCUT2D eigenvalue weighted by molar-refractivity contribution is -0.146. The second-order valence-corrected chi connectivity index (χ2v) is 9.84. The van der Waals surface area contributed by atoms with Gasteiger partial charge in [0.2, 0.25) is 0 Å². The second kappa shape index (κ2) is 10.7. The molecule has 3 rings (SSSR count). The van der Waals surface area contributed by atoms with E-state index in [0.29, 0.717) is 35.9 Å². The quantitative estimate of drug-likeness (QED) is 0.561. The summed E-state index contributed by atoms with van der Waals surface area (Å²) in [6.07, 6.45) is 4.66. The summed E-state index contributed by atoms with van der Waals surface area (Å²) in [6, 6.07) is 4.98. The van der Waals surface area contributed by atoms with Gasteiger partial charge < -0.3 is 20.7 Å². The van der Waals surface area contributed by atoms with Gasteiger partial charge in [0.1, 0.15) is 17.2 Å². The molecule has 1 fully saturated rings. The van der Waals surface area contributed by atoms with Gasteiger partial charge in [-0.05, 0) is 69.2 Å². The molecule has 3 amide bonds. The Morgan fingerprint density at radius 1 is 1.14 bits per heavy atom. The number of aromatic nitrogens is 2. The molecule has 10 nitrogen and oxygen atoms in total. The highest BCUT2D eigenvalue weighted by molar-refractivity contribution is 6.39. The van der Waals surface area contributed by atoms with Crippen LogP contribution in [-0.4, -0.2) is 44.9 Å². The van der Waals surface area contributed by atoms with E-state index in [-0.39, 0.29) is 12.0 Å². The lowest BCUT2D eigenvalue weighted by Gasteiger charge is -2.38. The number of piperidine rings is 1. The summed E-state index contributed by atoms with van der Waals surface area (Å²) in [5, 5.41) is 5.29. The molecule has 1 aliphatic heterocycles. The van der Waals surface area contributed by atoms with Crippen molar-refractivity contribution in [1.82, 2.24) is 14.9 Å². The summed E-state index contributed by atoms with van der Waals surface area (Å²) in [7, 11) is 0. The molecule has 188 valence electrons. The van der Waals surface area contributed by atoms with Crippen LogP contribution in [0.15, 0.2) is 30.6 Å². The molecule has 1 aliphatic rings. The summed E-state index contributed by atoms with van der Waals surface area (Å²) in [6.45, 7) is 9.74. The molecule has 0 bridgehead atoms. The number of rotatable bonds is 4. The Labute approximate surface area is 205 Å². The molecular weight excluding hydrogens is 448 g/mol. The van der Waals surface area contributed by atoms with Crippen LogP contribution in [0.1, 0.15) is 64.6 Å². The third-order valence-electron chi connectivity index (χ3n) is 5.69. The maximum Gasteiger partial charge on any atom is 0.413 e. The largest absolute Gasteiger partial charge is 0.444 e. The van der Waals surface area contributed by atoms with E-state index in [2.05, 4.69) is 27.5 Å². The molecule has 35 heavy (non-hydrogen) atoms. The molecule has 0 radical (unpaired) electrons. The van der Waals surface area contributed by atoms with Gasteiger partial charge in [0, 0.05) is 12.7 Å². The summed E-state index contributed by atoms with van der Waals surface area (Å²) < 4.78 is 5.27. The second-order valence-electron chi connectivity index (χ2n) is 9.84. The number of carbonyl (C=O) groups is 3. The van der Waals surface area contributed by atoms with Crippen molar-refractivity contribution in [2.75, 3.05) is 22.9 Å². The van der Waals surface area contributed by atoms with Crippen molar-refractivity contribution in [3.63, 3.8) is 0 Å². The van der Waals surface area contributed by atoms with Gasteiger partial charge in [0.15, 0.2) is 0 Å². The predicted octanol–water partition coefficient (Wildman–Crippen LogP) is 3.91. The van der Waals surface area contributed by atoms with Crippen LogP contribution in [0.2, 0.25) is 0 Å². The van der Waals surface area contributed by atoms with Crippen LogP contribution < -0.4 is 16.4 Å². The predicted molar refractivity (Wildman–Crippen MR) is 134 cm³/mol. The standard InChI is InChI=1S/C25H34N6O4/c1-6-16-11-18(13-28-21(16)30-24(34)35-25(3,4)5)29-22(32)23(33)31-14-15(2)7-9-19(31)17-8-10-20(26)27-12-17/h8,10-13,15,19H,6-7,9,14H2,1-5H3,(H2,26,27)(H,29,32)(H,28,30,34)/t15-,19+/m1/s1. The van der Waals surface area contributed by atoms with E-state index in [1.54, 1.807) is 44.0 Å². The normalized spacial score (nSPS) is 18.0. The highest BCUT2D eigenvalue weighted by atomic mass is 16.6. The van der Waals surface area contributed by atoms with Gasteiger partial charge in [-0.2, -0.15) is 0 Å². The summed E-state index contributed by atoms with van der Waals surface area (Å²) in [4.78, 5) is 48.2. The summed E-state index contributed by atoms with van der Waals surface area (Å²) >= 11 is 0. The monoisotopic (exact) mass is 482 g/mol. The van der Waals surface area contributed by atoms with Gasteiger partial charge in [-0.15, -0.1) is 0 Å². The van der Waals surface area contributed by atoms with E-state index >= 15 is 0 Å². The number of hydrogen-bond acceptors (Lipinski definition) is 7. The Morgan fingerprint density at radius 2 is 1.89 bits per heavy atom. The first-order valence-corrected chi connectivity index (χ1v) is 11.8. The first kappa shape index (κ1) is 25.9. The third kappa shape index (κ3) is 6.91. The molecular formula is C25H34N6O4. The van der Waals surface area contributed by atoms with Crippen LogP contribution in [0.25, 0.3) is 0 Å².